The highest BCUT2D eigenvalue weighted by molar-refractivity contribution is 5.59. The third-order valence-electron chi connectivity index (χ3n) is 1.57. The molecule has 7 heteroatoms. The average molecular weight is 159 g/mol. The summed E-state index contributed by atoms with van der Waals surface area (Å²) in [4.78, 5) is 3.96. The molecule has 0 fully saturated rings. The molecule has 0 bridgehead atoms. The van der Waals surface area contributed by atoms with Crippen LogP contribution in [0.4, 0.5) is 11.4 Å². The second kappa shape index (κ2) is 1.76. The molecule has 2 aliphatic rings. The van der Waals surface area contributed by atoms with E-state index in [1.54, 1.807) is 6.20 Å². The molecule has 56 valence electrons. The topological polar surface area (TPSA) is 87.0 Å². The molecule has 3 heterocycles. The lowest BCUT2D eigenvalue weighted by Crippen LogP contribution is -2.11. The molecule has 0 atom stereocenters. The Kier molecular flexibility index (Phi) is 0.817. The quantitative estimate of drug-likeness (QED) is 0.537. The van der Waals surface area contributed by atoms with Crippen LogP contribution in [0.25, 0.3) is 0 Å². The summed E-state index contributed by atoms with van der Waals surface area (Å²) in [5, 5.41) is 22.5. The van der Waals surface area contributed by atoms with Crippen LogP contribution in [0.3, 0.4) is 0 Å². The van der Waals surface area contributed by atoms with Crippen LogP contribution in [-0.2, 0) is 0 Å². The van der Waals surface area contributed by atoms with Crippen molar-refractivity contribution < 1.29 is 0 Å². The van der Waals surface area contributed by atoms with Crippen LogP contribution in [0.5, 0.6) is 0 Å². The fourth-order valence-electron chi connectivity index (χ4n) is 1.03. The summed E-state index contributed by atoms with van der Waals surface area (Å²) in [6.07, 6.45) is 1.55. The molecule has 1 aromatic heterocycles. The Balaban J connectivity index is 2.57. The van der Waals surface area contributed by atoms with Gasteiger partial charge in [-0.25, -0.2) is 4.98 Å². The summed E-state index contributed by atoms with van der Waals surface area (Å²) in [7, 11) is 0. The first-order chi connectivity index (χ1) is 5.95. The molecule has 3 rings (SSSR count). The molecule has 0 unspecified atom stereocenters. The Morgan fingerprint density at radius 2 is 1.75 bits per heavy atom. The van der Waals surface area contributed by atoms with E-state index >= 15 is 0 Å². The first-order valence-corrected chi connectivity index (χ1v) is 3.21. The number of hydrogen-bond acceptors (Lipinski definition) is 7. The molecule has 1 aromatic rings. The Morgan fingerprint density at radius 1 is 0.917 bits per heavy atom. The summed E-state index contributed by atoms with van der Waals surface area (Å²) >= 11 is 0. The zero-order chi connectivity index (χ0) is 7.97. The molecule has 0 saturated heterocycles. The van der Waals surface area contributed by atoms with E-state index < -0.39 is 0 Å². The third kappa shape index (κ3) is 0.529. The summed E-state index contributed by atoms with van der Waals surface area (Å²) in [6, 6.07) is 0. The molecule has 12 heavy (non-hydrogen) atoms. The fourth-order valence-corrected chi connectivity index (χ4v) is 1.03. The third-order valence-corrected chi connectivity index (χ3v) is 1.57. The van der Waals surface area contributed by atoms with E-state index in [4.69, 9.17) is 0 Å². The number of nitrogens with zero attached hydrogens (tertiary/aromatic N) is 7. The molecule has 0 saturated carbocycles. The zero-order valence-corrected chi connectivity index (χ0v) is 5.71. The predicted octanol–water partition coefficient (Wildman–Crippen LogP) is 0.345. The molecule has 0 radical (unpaired) electrons. The van der Waals surface area contributed by atoms with Gasteiger partial charge in [0.1, 0.15) is 11.0 Å². The monoisotopic (exact) mass is 159 g/mol. The number of pyridine rings is 1. The van der Waals surface area contributed by atoms with Gasteiger partial charge < -0.3 is 0 Å². The maximum atomic E-state index is 3.96. The van der Waals surface area contributed by atoms with Crippen molar-refractivity contribution in [3.63, 3.8) is 0 Å². The molecular weight excluding hydrogens is 158 g/mol. The molecule has 0 spiro atoms. The zero-order valence-electron chi connectivity index (χ0n) is 5.71. The van der Waals surface area contributed by atoms with E-state index in [0.717, 1.165) is 0 Å². The van der Waals surface area contributed by atoms with E-state index in [9.17, 15) is 0 Å². The van der Waals surface area contributed by atoms with Crippen LogP contribution in [-0.4, -0.2) is 4.98 Å². The molecule has 7 nitrogen and oxygen atoms in total. The van der Waals surface area contributed by atoms with Gasteiger partial charge in [0.25, 0.3) is 0 Å². The van der Waals surface area contributed by atoms with Gasteiger partial charge in [0.05, 0.1) is 6.20 Å². The standard InChI is InChI=1S/C5HN7/c1-2-3(8-11-7-2)4-5(6-1)10-12-9-4/h1H. The van der Waals surface area contributed by atoms with Crippen LogP contribution in [0.15, 0.2) is 37.1 Å². The van der Waals surface area contributed by atoms with Gasteiger partial charge in [0.15, 0.2) is 5.69 Å². The molecule has 0 aromatic carbocycles. The van der Waals surface area contributed by atoms with Gasteiger partial charge >= 0.3 is 0 Å². The smallest absolute Gasteiger partial charge is 0.206 e. The lowest BCUT2D eigenvalue weighted by Gasteiger charge is -1.87. The number of hydrogen-bond donors (Lipinski definition) is 0. The fraction of sp³-hybridized carbons (Fsp3) is 0. The van der Waals surface area contributed by atoms with Gasteiger partial charge in [-0.2, -0.15) is 0 Å². The van der Waals surface area contributed by atoms with Crippen molar-refractivity contribution in [2.24, 2.45) is 30.9 Å². The van der Waals surface area contributed by atoms with Gasteiger partial charge in [0, 0.05) is 0 Å². The van der Waals surface area contributed by atoms with Crippen LogP contribution in [0, 0.1) is 0 Å². The minimum Gasteiger partial charge on any atom is -0.231 e. The molecule has 2 aliphatic heterocycles. The van der Waals surface area contributed by atoms with Crippen LogP contribution in [0.2, 0.25) is 0 Å². The van der Waals surface area contributed by atoms with Crippen LogP contribution in [0.1, 0.15) is 0 Å². The van der Waals surface area contributed by atoms with Gasteiger partial charge in [-0.15, -0.1) is 20.4 Å². The van der Waals surface area contributed by atoms with E-state index in [1.165, 1.54) is 0 Å². The summed E-state index contributed by atoms with van der Waals surface area (Å²) in [6.45, 7) is 0. The summed E-state index contributed by atoms with van der Waals surface area (Å²) in [5.74, 6) is 0. The molecule has 0 amide bonds. The highest BCUT2D eigenvalue weighted by atomic mass is 15.4. The van der Waals surface area contributed by atoms with Crippen molar-refractivity contribution in [1.29, 1.82) is 0 Å². The van der Waals surface area contributed by atoms with Gasteiger partial charge in [-0.1, -0.05) is 0 Å². The maximum absolute atomic E-state index is 3.96. The van der Waals surface area contributed by atoms with E-state index in [0.29, 0.717) is 22.2 Å². The lowest BCUT2D eigenvalue weighted by atomic mass is 10.3. The normalized spacial score (nSPS) is 15.3. The first-order valence-electron chi connectivity index (χ1n) is 3.21. The molecular formula is C5HN7. The lowest BCUT2D eigenvalue weighted by molar-refractivity contribution is 1.04. The van der Waals surface area contributed by atoms with Gasteiger partial charge in [-0.05, 0) is 10.4 Å². The average Bonchev–Trinajstić information content (AvgIpc) is 2.71. The SMILES string of the molecule is c1nc2c(c3c1=NN=N3)N=NN=2. The minimum atomic E-state index is 0.477. The van der Waals surface area contributed by atoms with Crippen molar-refractivity contribution >= 4 is 11.4 Å². The Morgan fingerprint density at radius 3 is 2.75 bits per heavy atom. The van der Waals surface area contributed by atoms with Crippen molar-refractivity contribution in [2.45, 2.75) is 0 Å². The number of fused-ring (bicyclic) bond motifs is 3. The van der Waals surface area contributed by atoms with E-state index in [1.807, 2.05) is 0 Å². The number of rotatable bonds is 0. The summed E-state index contributed by atoms with van der Waals surface area (Å²) < 4.78 is 0. The van der Waals surface area contributed by atoms with E-state index in [2.05, 4.69) is 35.9 Å². The largest absolute Gasteiger partial charge is 0.231 e. The minimum absolute atomic E-state index is 0.477. The van der Waals surface area contributed by atoms with Gasteiger partial charge in [0.2, 0.25) is 5.49 Å². The van der Waals surface area contributed by atoms with Gasteiger partial charge in [-0.3, -0.25) is 0 Å². The predicted molar refractivity (Wildman–Crippen MR) is 35.6 cm³/mol. The second-order valence-corrected chi connectivity index (χ2v) is 2.24. The highest BCUT2D eigenvalue weighted by Crippen LogP contribution is 2.23. The summed E-state index contributed by atoms with van der Waals surface area (Å²) in [5.41, 5.74) is 1.63. The van der Waals surface area contributed by atoms with Crippen LogP contribution >= 0.6 is 0 Å². The van der Waals surface area contributed by atoms with E-state index in [-0.39, 0.29) is 0 Å². The second-order valence-electron chi connectivity index (χ2n) is 2.24. The van der Waals surface area contributed by atoms with Crippen LogP contribution < -0.4 is 10.8 Å². The Bertz CT molecular complexity index is 476. The maximum Gasteiger partial charge on any atom is 0.206 e. The van der Waals surface area contributed by atoms with Crippen molar-refractivity contribution in [1.82, 2.24) is 4.98 Å². The number of aromatic nitrogens is 1. The Labute approximate surface area is 65.3 Å². The van der Waals surface area contributed by atoms with Crippen molar-refractivity contribution in [3.8, 4) is 0 Å². The van der Waals surface area contributed by atoms with Crippen molar-refractivity contribution in [3.05, 3.63) is 17.0 Å². The molecule has 0 N–H and O–H groups in total. The Hall–Kier alpha value is -2.05. The van der Waals surface area contributed by atoms with Crippen molar-refractivity contribution in [2.75, 3.05) is 0 Å². The highest BCUT2D eigenvalue weighted by Gasteiger charge is 2.14. The first kappa shape index (κ1) is 5.58. The molecule has 0 aliphatic carbocycles.